The lowest BCUT2D eigenvalue weighted by atomic mass is 9.83. The van der Waals surface area contributed by atoms with Crippen LogP contribution in [0.3, 0.4) is 0 Å². The first-order valence-electron chi connectivity index (χ1n) is 7.30. The van der Waals surface area contributed by atoms with Crippen molar-refractivity contribution in [2.75, 3.05) is 0 Å². The van der Waals surface area contributed by atoms with Crippen molar-refractivity contribution >= 4 is 16.6 Å². The molecule has 2 aliphatic carbocycles. The van der Waals surface area contributed by atoms with E-state index < -0.39 is 12.2 Å². The molecule has 0 spiro atoms. The first-order chi connectivity index (χ1) is 10.2. The number of carbonyl (C=O) groups excluding carboxylic acids is 1. The van der Waals surface area contributed by atoms with Crippen molar-refractivity contribution in [2.45, 2.75) is 37.3 Å². The lowest BCUT2D eigenvalue weighted by Gasteiger charge is -2.24. The molecule has 0 bridgehead atoms. The smallest absolute Gasteiger partial charge is 0.163 e. The summed E-state index contributed by atoms with van der Waals surface area (Å²) < 4.78 is 5.56. The number of aryl methyl sites for hydroxylation is 1. The van der Waals surface area contributed by atoms with Gasteiger partial charge >= 0.3 is 0 Å². The van der Waals surface area contributed by atoms with Crippen LogP contribution < -0.4 is 0 Å². The Kier molecular flexibility index (Phi) is 2.10. The van der Waals surface area contributed by atoms with Crippen LogP contribution in [0.1, 0.15) is 45.7 Å². The Balaban J connectivity index is 1.83. The van der Waals surface area contributed by atoms with Gasteiger partial charge in [0.05, 0.1) is 0 Å². The summed E-state index contributed by atoms with van der Waals surface area (Å²) in [6.07, 6.45) is -0.816. The van der Waals surface area contributed by atoms with E-state index in [1.165, 1.54) is 0 Å². The molecule has 1 saturated heterocycles. The first kappa shape index (κ1) is 11.9. The maximum Gasteiger partial charge on any atom is 0.163 e. The van der Waals surface area contributed by atoms with Crippen molar-refractivity contribution in [1.82, 2.24) is 0 Å². The van der Waals surface area contributed by atoms with Crippen molar-refractivity contribution < 1.29 is 19.7 Å². The average Bonchev–Trinajstić information content (AvgIpc) is 3.21. The Bertz CT molecular complexity index is 810. The standard InChI is InChI=1S/C17H14O4/c18-12-6-5-7-8-1-4-11-13(10(8)3-2-9(7)12)16-17(21-16)15(20)14(11)19/h1-4,14-17,19-20H,5-6H2/t14-,15+,16+,17-/m0/s1. The minimum atomic E-state index is -0.900. The molecule has 2 aromatic carbocycles. The number of ether oxygens (including phenoxy) is 1. The molecule has 4 nitrogen and oxygen atoms in total. The summed E-state index contributed by atoms with van der Waals surface area (Å²) in [7, 11) is 0. The third-order valence-electron chi connectivity index (χ3n) is 5.08. The molecule has 0 saturated carbocycles. The molecule has 106 valence electrons. The number of hydrogen-bond donors (Lipinski definition) is 2. The Morgan fingerprint density at radius 1 is 1.05 bits per heavy atom. The van der Waals surface area contributed by atoms with Gasteiger partial charge in [0.2, 0.25) is 0 Å². The Hall–Kier alpha value is -1.75. The number of aliphatic hydroxyl groups is 2. The summed E-state index contributed by atoms with van der Waals surface area (Å²) in [6, 6.07) is 7.68. The Morgan fingerprint density at radius 3 is 2.71 bits per heavy atom. The van der Waals surface area contributed by atoms with Gasteiger partial charge in [-0.15, -0.1) is 0 Å². The Morgan fingerprint density at radius 2 is 1.86 bits per heavy atom. The van der Waals surface area contributed by atoms with Crippen molar-refractivity contribution in [1.29, 1.82) is 0 Å². The van der Waals surface area contributed by atoms with Gasteiger partial charge in [0.1, 0.15) is 24.4 Å². The molecule has 21 heavy (non-hydrogen) atoms. The molecule has 5 rings (SSSR count). The molecule has 4 atom stereocenters. The second-order valence-electron chi connectivity index (χ2n) is 6.14. The van der Waals surface area contributed by atoms with Gasteiger partial charge in [0.25, 0.3) is 0 Å². The topological polar surface area (TPSA) is 70.1 Å². The van der Waals surface area contributed by atoms with E-state index in [1.54, 1.807) is 0 Å². The van der Waals surface area contributed by atoms with Gasteiger partial charge in [-0.2, -0.15) is 0 Å². The number of Topliss-reactive ketones (excluding diaryl/α,β-unsaturated/α-hetero) is 1. The number of rotatable bonds is 0. The largest absolute Gasteiger partial charge is 0.387 e. The van der Waals surface area contributed by atoms with Crippen LogP contribution in [-0.2, 0) is 11.2 Å². The summed E-state index contributed by atoms with van der Waals surface area (Å²) in [5, 5.41) is 22.3. The zero-order valence-electron chi connectivity index (χ0n) is 11.2. The zero-order valence-corrected chi connectivity index (χ0v) is 11.2. The van der Waals surface area contributed by atoms with Crippen molar-refractivity contribution in [2.24, 2.45) is 0 Å². The molecule has 1 heterocycles. The molecule has 0 unspecified atom stereocenters. The second kappa shape index (κ2) is 3.71. The van der Waals surface area contributed by atoms with Gasteiger partial charge in [0, 0.05) is 12.0 Å². The zero-order chi connectivity index (χ0) is 14.3. The molecule has 1 aliphatic heterocycles. The van der Waals surface area contributed by atoms with Crippen LogP contribution in [0.15, 0.2) is 24.3 Å². The molecule has 0 amide bonds. The minimum absolute atomic E-state index is 0.128. The summed E-state index contributed by atoms with van der Waals surface area (Å²) in [5.74, 6) is 0.209. The molecule has 4 heteroatoms. The summed E-state index contributed by atoms with van der Waals surface area (Å²) in [5.41, 5.74) is 3.67. The van der Waals surface area contributed by atoms with Crippen molar-refractivity contribution in [3.8, 4) is 0 Å². The van der Waals surface area contributed by atoms with Gasteiger partial charge in [0.15, 0.2) is 5.78 Å². The fourth-order valence-corrected chi connectivity index (χ4v) is 3.97. The molecule has 2 N–H and O–H groups in total. The van der Waals surface area contributed by atoms with E-state index in [0.717, 1.165) is 39.4 Å². The van der Waals surface area contributed by atoms with Crippen LogP contribution in [0.5, 0.6) is 0 Å². The van der Waals surface area contributed by atoms with Crippen molar-refractivity contribution in [3.05, 3.63) is 46.5 Å². The van der Waals surface area contributed by atoms with E-state index >= 15 is 0 Å². The van der Waals surface area contributed by atoms with E-state index in [-0.39, 0.29) is 18.0 Å². The molecule has 2 aromatic rings. The summed E-state index contributed by atoms with van der Waals surface area (Å²) in [4.78, 5) is 11.9. The van der Waals surface area contributed by atoms with Gasteiger partial charge < -0.3 is 14.9 Å². The quantitative estimate of drug-likeness (QED) is 0.723. The summed E-state index contributed by atoms with van der Waals surface area (Å²) >= 11 is 0. The highest BCUT2D eigenvalue weighted by molar-refractivity contribution is 6.06. The van der Waals surface area contributed by atoms with Crippen molar-refractivity contribution in [3.63, 3.8) is 0 Å². The highest BCUT2D eigenvalue weighted by Gasteiger charge is 2.54. The van der Waals surface area contributed by atoms with E-state index in [0.29, 0.717) is 6.42 Å². The molecular formula is C17H14O4. The number of fused-ring (bicyclic) bond motifs is 7. The maximum absolute atomic E-state index is 11.9. The van der Waals surface area contributed by atoms with Crippen LogP contribution in [0.2, 0.25) is 0 Å². The Labute approximate surface area is 121 Å². The van der Waals surface area contributed by atoms with E-state index in [9.17, 15) is 15.0 Å². The summed E-state index contributed by atoms with van der Waals surface area (Å²) in [6.45, 7) is 0. The fraction of sp³-hybridized carbons (Fsp3) is 0.353. The maximum atomic E-state index is 11.9. The number of epoxide rings is 1. The highest BCUT2D eigenvalue weighted by atomic mass is 16.6. The SMILES string of the molecule is O=C1CCc2c1ccc1c3c(ccc21)[C@H](O)[C@@H](O)[C@@H]1O[C@H]31. The van der Waals surface area contributed by atoms with E-state index in [2.05, 4.69) is 0 Å². The van der Waals surface area contributed by atoms with Gasteiger partial charge in [-0.05, 0) is 33.9 Å². The van der Waals surface area contributed by atoms with Crippen LogP contribution in [0.25, 0.3) is 10.8 Å². The van der Waals surface area contributed by atoms with Crippen LogP contribution >= 0.6 is 0 Å². The van der Waals surface area contributed by atoms with Gasteiger partial charge in [-0.3, -0.25) is 4.79 Å². The van der Waals surface area contributed by atoms with E-state index in [4.69, 9.17) is 4.74 Å². The lowest BCUT2D eigenvalue weighted by Crippen LogP contribution is -2.29. The predicted octanol–water partition coefficient (Wildman–Crippen LogP) is 1.82. The normalized spacial score (nSPS) is 32.8. The first-order valence-corrected chi connectivity index (χ1v) is 7.30. The average molecular weight is 282 g/mol. The third-order valence-corrected chi connectivity index (χ3v) is 5.08. The van der Waals surface area contributed by atoms with Gasteiger partial charge in [-0.1, -0.05) is 24.3 Å². The number of ketones is 1. The predicted molar refractivity (Wildman–Crippen MR) is 75.2 cm³/mol. The number of carbonyl (C=O) groups is 1. The lowest BCUT2D eigenvalue weighted by molar-refractivity contribution is 0.000105. The third kappa shape index (κ3) is 1.37. The highest BCUT2D eigenvalue weighted by Crippen LogP contribution is 2.53. The molecule has 0 aromatic heterocycles. The van der Waals surface area contributed by atoms with Gasteiger partial charge in [-0.25, -0.2) is 0 Å². The van der Waals surface area contributed by atoms with Crippen LogP contribution in [0, 0.1) is 0 Å². The number of hydrogen-bond acceptors (Lipinski definition) is 4. The monoisotopic (exact) mass is 282 g/mol. The minimum Gasteiger partial charge on any atom is -0.387 e. The second-order valence-corrected chi connectivity index (χ2v) is 6.14. The fourth-order valence-electron chi connectivity index (χ4n) is 3.97. The molecular weight excluding hydrogens is 268 g/mol. The van der Waals surface area contributed by atoms with E-state index in [1.807, 2.05) is 24.3 Å². The molecule has 3 aliphatic rings. The van der Waals surface area contributed by atoms with Crippen LogP contribution in [0.4, 0.5) is 0 Å². The molecule has 0 radical (unpaired) electrons. The van der Waals surface area contributed by atoms with Crippen LogP contribution in [-0.4, -0.2) is 28.2 Å². The number of benzene rings is 2. The molecule has 1 fully saturated rings. The number of aliphatic hydroxyl groups excluding tert-OH is 2.